The maximum Gasteiger partial charge on any atom is 0.122 e. The van der Waals surface area contributed by atoms with Crippen LogP contribution < -0.4 is 10.1 Å². The fraction of sp³-hybridized carbons (Fsp3) is 0.667. The van der Waals surface area contributed by atoms with E-state index in [1.54, 1.807) is 0 Å². The van der Waals surface area contributed by atoms with Crippen LogP contribution in [0, 0.1) is 6.92 Å². The quantitative estimate of drug-likeness (QED) is 0.758. The highest BCUT2D eigenvalue weighted by Gasteiger charge is 2.22. The number of benzene rings is 1. The maximum absolute atomic E-state index is 6.29. The van der Waals surface area contributed by atoms with Gasteiger partial charge in [-0.1, -0.05) is 39.3 Å². The molecule has 2 nitrogen and oxygen atoms in total. The van der Waals surface area contributed by atoms with Crippen molar-refractivity contribution in [1.29, 1.82) is 0 Å². The standard InChI is InChI=1S/C18H29NO/c1-5-6-17(12-19-16-9-10-16)20-18-11-15(13(2)3)8-7-14(18)4/h7-8,11,13,16-17,19H,5-6,9-10,12H2,1-4H3. The van der Waals surface area contributed by atoms with Crippen LogP contribution in [-0.4, -0.2) is 18.7 Å². The van der Waals surface area contributed by atoms with Crippen molar-refractivity contribution in [2.24, 2.45) is 0 Å². The zero-order valence-corrected chi connectivity index (χ0v) is 13.4. The first-order valence-corrected chi connectivity index (χ1v) is 8.10. The molecule has 2 rings (SSSR count). The van der Waals surface area contributed by atoms with Gasteiger partial charge >= 0.3 is 0 Å². The summed E-state index contributed by atoms with van der Waals surface area (Å²) in [6.45, 7) is 9.80. The predicted molar refractivity (Wildman–Crippen MR) is 85.6 cm³/mol. The van der Waals surface area contributed by atoms with Gasteiger partial charge in [-0.05, 0) is 49.3 Å². The number of ether oxygens (including phenoxy) is 1. The van der Waals surface area contributed by atoms with Crippen molar-refractivity contribution < 1.29 is 4.74 Å². The molecule has 1 aromatic rings. The van der Waals surface area contributed by atoms with Gasteiger partial charge in [0.15, 0.2) is 0 Å². The maximum atomic E-state index is 6.29. The van der Waals surface area contributed by atoms with Crippen molar-refractivity contribution in [2.45, 2.75) is 71.4 Å². The molecule has 1 saturated carbocycles. The molecule has 1 unspecified atom stereocenters. The van der Waals surface area contributed by atoms with Crippen LogP contribution in [0.4, 0.5) is 0 Å². The van der Waals surface area contributed by atoms with E-state index in [-0.39, 0.29) is 0 Å². The zero-order valence-electron chi connectivity index (χ0n) is 13.4. The Labute approximate surface area is 123 Å². The third kappa shape index (κ3) is 4.52. The Morgan fingerprint density at radius 1 is 1.30 bits per heavy atom. The van der Waals surface area contributed by atoms with Crippen LogP contribution in [0.2, 0.25) is 0 Å². The highest BCUT2D eigenvalue weighted by Crippen LogP contribution is 2.26. The van der Waals surface area contributed by atoms with E-state index in [1.807, 2.05) is 0 Å². The number of hydrogen-bond acceptors (Lipinski definition) is 2. The first kappa shape index (κ1) is 15.4. The first-order chi connectivity index (χ1) is 9.60. The molecule has 1 aliphatic rings. The van der Waals surface area contributed by atoms with Gasteiger partial charge in [0.25, 0.3) is 0 Å². The Balaban J connectivity index is 2.01. The SMILES string of the molecule is CCCC(CNC1CC1)Oc1cc(C(C)C)ccc1C. The number of hydrogen-bond donors (Lipinski definition) is 1. The van der Waals surface area contributed by atoms with Gasteiger partial charge in [-0.2, -0.15) is 0 Å². The molecule has 0 heterocycles. The van der Waals surface area contributed by atoms with Gasteiger partial charge in [-0.25, -0.2) is 0 Å². The second-order valence-corrected chi connectivity index (χ2v) is 6.39. The average molecular weight is 275 g/mol. The molecule has 0 bridgehead atoms. The van der Waals surface area contributed by atoms with E-state index >= 15 is 0 Å². The molecule has 1 aliphatic carbocycles. The summed E-state index contributed by atoms with van der Waals surface area (Å²) in [5, 5.41) is 3.59. The largest absolute Gasteiger partial charge is 0.489 e. The minimum atomic E-state index is 0.293. The topological polar surface area (TPSA) is 21.3 Å². The van der Waals surface area contributed by atoms with Crippen molar-refractivity contribution in [3.05, 3.63) is 29.3 Å². The summed E-state index contributed by atoms with van der Waals surface area (Å²) in [6.07, 6.45) is 5.24. The fourth-order valence-corrected chi connectivity index (χ4v) is 2.39. The molecule has 0 spiro atoms. The summed E-state index contributed by atoms with van der Waals surface area (Å²) in [6, 6.07) is 7.37. The van der Waals surface area contributed by atoms with Crippen LogP contribution in [-0.2, 0) is 0 Å². The summed E-state index contributed by atoms with van der Waals surface area (Å²) in [4.78, 5) is 0. The molecule has 112 valence electrons. The minimum absolute atomic E-state index is 0.293. The van der Waals surface area contributed by atoms with E-state index in [9.17, 15) is 0 Å². The van der Waals surface area contributed by atoms with Gasteiger partial charge in [0, 0.05) is 12.6 Å². The molecule has 1 atom stereocenters. The van der Waals surface area contributed by atoms with E-state index in [4.69, 9.17) is 4.74 Å². The predicted octanol–water partition coefficient (Wildman–Crippen LogP) is 4.42. The monoisotopic (exact) mass is 275 g/mol. The number of rotatable bonds is 8. The molecular formula is C18H29NO. The van der Waals surface area contributed by atoms with Crippen molar-refractivity contribution >= 4 is 0 Å². The van der Waals surface area contributed by atoms with E-state index in [0.29, 0.717) is 12.0 Å². The lowest BCUT2D eigenvalue weighted by atomic mass is 10.0. The van der Waals surface area contributed by atoms with Crippen LogP contribution in [0.15, 0.2) is 18.2 Å². The summed E-state index contributed by atoms with van der Waals surface area (Å²) in [5.74, 6) is 1.61. The van der Waals surface area contributed by atoms with E-state index in [2.05, 4.69) is 51.2 Å². The smallest absolute Gasteiger partial charge is 0.122 e. The Kier molecular flexibility index (Phi) is 5.47. The normalized spacial score (nSPS) is 16.4. The zero-order chi connectivity index (χ0) is 14.5. The van der Waals surface area contributed by atoms with E-state index in [1.165, 1.54) is 30.4 Å². The molecule has 0 aliphatic heterocycles. The van der Waals surface area contributed by atoms with Crippen LogP contribution in [0.1, 0.15) is 63.5 Å². The molecule has 0 amide bonds. The van der Waals surface area contributed by atoms with Crippen LogP contribution in [0.25, 0.3) is 0 Å². The minimum Gasteiger partial charge on any atom is -0.489 e. The Morgan fingerprint density at radius 2 is 2.05 bits per heavy atom. The molecule has 1 N–H and O–H groups in total. The lowest BCUT2D eigenvalue weighted by molar-refractivity contribution is 0.184. The molecular weight excluding hydrogens is 246 g/mol. The highest BCUT2D eigenvalue weighted by molar-refractivity contribution is 5.38. The van der Waals surface area contributed by atoms with Gasteiger partial charge in [-0.15, -0.1) is 0 Å². The van der Waals surface area contributed by atoms with Crippen LogP contribution >= 0.6 is 0 Å². The molecule has 1 fully saturated rings. The lowest BCUT2D eigenvalue weighted by Crippen LogP contribution is -2.32. The third-order valence-electron chi connectivity index (χ3n) is 3.99. The van der Waals surface area contributed by atoms with Crippen molar-refractivity contribution in [2.75, 3.05) is 6.54 Å². The molecule has 0 radical (unpaired) electrons. The Morgan fingerprint density at radius 3 is 2.65 bits per heavy atom. The van der Waals surface area contributed by atoms with E-state index < -0.39 is 0 Å². The van der Waals surface area contributed by atoms with Gasteiger partial charge in [0.05, 0.1) is 0 Å². The van der Waals surface area contributed by atoms with Crippen molar-refractivity contribution in [3.63, 3.8) is 0 Å². The Bertz CT molecular complexity index is 423. The van der Waals surface area contributed by atoms with Gasteiger partial charge in [0.1, 0.15) is 11.9 Å². The summed E-state index contributed by atoms with van der Waals surface area (Å²) >= 11 is 0. The highest BCUT2D eigenvalue weighted by atomic mass is 16.5. The molecule has 20 heavy (non-hydrogen) atoms. The summed E-state index contributed by atoms with van der Waals surface area (Å²) in [7, 11) is 0. The molecule has 1 aromatic carbocycles. The number of nitrogens with one attached hydrogen (secondary N) is 1. The summed E-state index contributed by atoms with van der Waals surface area (Å²) in [5.41, 5.74) is 2.60. The van der Waals surface area contributed by atoms with Gasteiger partial charge in [-0.3, -0.25) is 0 Å². The Hall–Kier alpha value is -1.02. The van der Waals surface area contributed by atoms with Crippen LogP contribution in [0.3, 0.4) is 0 Å². The van der Waals surface area contributed by atoms with Gasteiger partial charge < -0.3 is 10.1 Å². The lowest BCUT2D eigenvalue weighted by Gasteiger charge is -2.21. The van der Waals surface area contributed by atoms with E-state index in [0.717, 1.165) is 24.8 Å². The average Bonchev–Trinajstić information content (AvgIpc) is 3.22. The third-order valence-corrected chi connectivity index (χ3v) is 3.99. The van der Waals surface area contributed by atoms with Crippen LogP contribution in [0.5, 0.6) is 5.75 Å². The molecule has 2 heteroatoms. The van der Waals surface area contributed by atoms with Crippen molar-refractivity contribution in [3.8, 4) is 5.75 Å². The molecule has 0 aromatic heterocycles. The number of aryl methyl sites for hydroxylation is 1. The summed E-state index contributed by atoms with van der Waals surface area (Å²) < 4.78 is 6.29. The fourth-order valence-electron chi connectivity index (χ4n) is 2.39. The van der Waals surface area contributed by atoms with Crippen molar-refractivity contribution in [1.82, 2.24) is 5.32 Å². The molecule has 0 saturated heterocycles. The van der Waals surface area contributed by atoms with Gasteiger partial charge in [0.2, 0.25) is 0 Å². The second-order valence-electron chi connectivity index (χ2n) is 6.39. The second kappa shape index (κ2) is 7.12. The first-order valence-electron chi connectivity index (χ1n) is 8.10.